The molecular formula is C15H18O4. The van der Waals surface area contributed by atoms with Gasteiger partial charge in [-0.05, 0) is 45.6 Å². The third kappa shape index (κ3) is 1.50. The van der Waals surface area contributed by atoms with E-state index < -0.39 is 11.2 Å². The lowest BCUT2D eigenvalue weighted by Crippen LogP contribution is -2.46. The largest absolute Gasteiger partial charge is 0.460 e. The SMILES string of the molecule is Cc1coc2c1[C@](C)(O)C1=C(CCC[C@]1(C)O)C2=O. The fourth-order valence-electron chi connectivity index (χ4n) is 3.71. The van der Waals surface area contributed by atoms with Crippen molar-refractivity contribution < 1.29 is 19.4 Å². The van der Waals surface area contributed by atoms with E-state index in [1.807, 2.05) is 0 Å². The molecule has 1 heterocycles. The Bertz CT molecular complexity index is 602. The fraction of sp³-hybridized carbons (Fsp3) is 0.533. The maximum atomic E-state index is 12.5. The van der Waals surface area contributed by atoms with Crippen LogP contribution in [0, 0.1) is 6.92 Å². The van der Waals surface area contributed by atoms with Crippen LogP contribution in [0.25, 0.3) is 0 Å². The minimum atomic E-state index is -1.35. The quantitative estimate of drug-likeness (QED) is 0.752. The van der Waals surface area contributed by atoms with Crippen LogP contribution in [-0.2, 0) is 5.60 Å². The molecule has 0 aliphatic heterocycles. The van der Waals surface area contributed by atoms with Gasteiger partial charge in [0, 0.05) is 16.7 Å². The first-order chi connectivity index (χ1) is 8.77. The smallest absolute Gasteiger partial charge is 0.224 e. The summed E-state index contributed by atoms with van der Waals surface area (Å²) in [4.78, 5) is 12.5. The molecule has 2 aliphatic carbocycles. The highest BCUT2D eigenvalue weighted by Crippen LogP contribution is 2.50. The molecule has 2 aliphatic rings. The van der Waals surface area contributed by atoms with Gasteiger partial charge in [0.1, 0.15) is 5.60 Å². The molecule has 2 N–H and O–H groups in total. The van der Waals surface area contributed by atoms with Crippen molar-refractivity contribution in [3.05, 3.63) is 34.3 Å². The van der Waals surface area contributed by atoms with Crippen LogP contribution in [0.2, 0.25) is 0 Å². The Hall–Kier alpha value is -1.39. The number of rotatable bonds is 0. The van der Waals surface area contributed by atoms with E-state index >= 15 is 0 Å². The van der Waals surface area contributed by atoms with Crippen LogP contribution in [0.1, 0.15) is 54.8 Å². The van der Waals surface area contributed by atoms with Crippen molar-refractivity contribution in [1.82, 2.24) is 0 Å². The molecule has 0 radical (unpaired) electrons. The van der Waals surface area contributed by atoms with E-state index in [1.54, 1.807) is 20.8 Å². The summed E-state index contributed by atoms with van der Waals surface area (Å²) in [6.07, 6.45) is 3.37. The van der Waals surface area contributed by atoms with Crippen LogP contribution < -0.4 is 0 Å². The summed E-state index contributed by atoms with van der Waals surface area (Å²) in [7, 11) is 0. The highest BCUT2D eigenvalue weighted by molar-refractivity contribution is 6.10. The standard InChI is InChI=1S/C15H18O4/c1-8-7-19-12-10(8)15(3,18)13-9(11(12)16)5-4-6-14(13,2)17/h7,17-18H,4-6H2,1-3H3/t14-,15-/m0/s1. The van der Waals surface area contributed by atoms with Gasteiger partial charge in [0.15, 0.2) is 5.76 Å². The first kappa shape index (κ1) is 12.6. The predicted molar refractivity (Wildman–Crippen MR) is 68.8 cm³/mol. The van der Waals surface area contributed by atoms with Crippen LogP contribution >= 0.6 is 0 Å². The molecule has 0 aromatic carbocycles. The summed E-state index contributed by atoms with van der Waals surface area (Å²) >= 11 is 0. The number of furan rings is 1. The lowest BCUT2D eigenvalue weighted by atomic mass is 9.66. The summed E-state index contributed by atoms with van der Waals surface area (Å²) in [5.74, 6) is 0.0311. The van der Waals surface area contributed by atoms with Crippen LogP contribution in [0.4, 0.5) is 0 Å². The fourth-order valence-corrected chi connectivity index (χ4v) is 3.71. The van der Waals surface area contributed by atoms with E-state index in [0.717, 1.165) is 12.0 Å². The zero-order chi connectivity index (χ0) is 14.0. The summed E-state index contributed by atoms with van der Waals surface area (Å²) in [5.41, 5.74) is -0.288. The Morgan fingerprint density at radius 2 is 2.00 bits per heavy atom. The molecule has 0 bridgehead atoms. The van der Waals surface area contributed by atoms with Crippen LogP contribution in [0.15, 0.2) is 21.8 Å². The molecule has 0 spiro atoms. The Labute approximate surface area is 111 Å². The van der Waals surface area contributed by atoms with E-state index in [9.17, 15) is 15.0 Å². The summed E-state index contributed by atoms with van der Waals surface area (Å²) in [6.45, 7) is 5.10. The van der Waals surface area contributed by atoms with Gasteiger partial charge in [-0.25, -0.2) is 0 Å². The molecule has 1 aromatic heterocycles. The van der Waals surface area contributed by atoms with Crippen LogP contribution in [0.5, 0.6) is 0 Å². The Kier molecular flexibility index (Phi) is 2.38. The summed E-state index contributed by atoms with van der Waals surface area (Å²) in [5, 5.41) is 21.5. The Morgan fingerprint density at radius 1 is 1.32 bits per heavy atom. The number of aliphatic hydroxyl groups is 2. The van der Waals surface area contributed by atoms with Gasteiger partial charge in [-0.15, -0.1) is 0 Å². The second-order valence-electron chi connectivity index (χ2n) is 6.01. The van der Waals surface area contributed by atoms with Gasteiger partial charge in [0.25, 0.3) is 0 Å². The average molecular weight is 262 g/mol. The number of carbonyl (C=O) groups excluding carboxylic acids is 1. The van der Waals surface area contributed by atoms with E-state index in [0.29, 0.717) is 29.6 Å². The van der Waals surface area contributed by atoms with Crippen molar-refractivity contribution in [2.75, 3.05) is 0 Å². The molecule has 0 fully saturated rings. The maximum absolute atomic E-state index is 12.5. The molecular weight excluding hydrogens is 244 g/mol. The zero-order valence-electron chi connectivity index (χ0n) is 11.4. The zero-order valence-corrected chi connectivity index (χ0v) is 11.4. The van der Waals surface area contributed by atoms with E-state index in [-0.39, 0.29) is 11.5 Å². The Morgan fingerprint density at radius 3 is 2.68 bits per heavy atom. The lowest BCUT2D eigenvalue weighted by Gasteiger charge is -2.43. The Balaban J connectivity index is 2.33. The number of hydrogen-bond donors (Lipinski definition) is 2. The van der Waals surface area contributed by atoms with Gasteiger partial charge in [-0.2, -0.15) is 0 Å². The molecule has 0 saturated carbocycles. The molecule has 4 nitrogen and oxygen atoms in total. The van der Waals surface area contributed by atoms with Crippen molar-refractivity contribution in [3.8, 4) is 0 Å². The van der Waals surface area contributed by atoms with Crippen molar-refractivity contribution in [1.29, 1.82) is 0 Å². The molecule has 102 valence electrons. The topological polar surface area (TPSA) is 70.7 Å². The average Bonchev–Trinajstić information content (AvgIpc) is 2.68. The second-order valence-corrected chi connectivity index (χ2v) is 6.01. The van der Waals surface area contributed by atoms with Crippen LogP contribution in [-0.4, -0.2) is 21.6 Å². The summed E-state index contributed by atoms with van der Waals surface area (Å²) in [6, 6.07) is 0. The van der Waals surface area contributed by atoms with Crippen molar-refractivity contribution in [2.45, 2.75) is 51.2 Å². The van der Waals surface area contributed by atoms with E-state index in [1.165, 1.54) is 6.26 Å². The molecule has 3 rings (SSSR count). The predicted octanol–water partition coefficient (Wildman–Crippen LogP) is 2.22. The van der Waals surface area contributed by atoms with Gasteiger partial charge >= 0.3 is 0 Å². The third-order valence-electron chi connectivity index (χ3n) is 4.36. The third-order valence-corrected chi connectivity index (χ3v) is 4.36. The molecule has 1 aromatic rings. The number of ketones is 1. The van der Waals surface area contributed by atoms with E-state index in [2.05, 4.69) is 0 Å². The van der Waals surface area contributed by atoms with Gasteiger partial charge < -0.3 is 14.6 Å². The van der Waals surface area contributed by atoms with Crippen molar-refractivity contribution in [3.63, 3.8) is 0 Å². The lowest BCUT2D eigenvalue weighted by molar-refractivity contribution is 0.00168. The number of aryl methyl sites for hydroxylation is 1. The number of hydrogen-bond acceptors (Lipinski definition) is 4. The maximum Gasteiger partial charge on any atom is 0.224 e. The van der Waals surface area contributed by atoms with Crippen molar-refractivity contribution in [2.24, 2.45) is 0 Å². The number of allylic oxidation sites excluding steroid dienone is 1. The minimum absolute atomic E-state index is 0.190. The highest BCUT2D eigenvalue weighted by atomic mass is 16.3. The van der Waals surface area contributed by atoms with Gasteiger partial charge in [-0.3, -0.25) is 4.79 Å². The molecule has 0 unspecified atom stereocenters. The first-order valence-corrected chi connectivity index (χ1v) is 6.59. The number of carbonyl (C=O) groups is 1. The monoisotopic (exact) mass is 262 g/mol. The van der Waals surface area contributed by atoms with Crippen molar-refractivity contribution >= 4 is 5.78 Å². The molecule has 19 heavy (non-hydrogen) atoms. The van der Waals surface area contributed by atoms with Crippen LogP contribution in [0.3, 0.4) is 0 Å². The number of fused-ring (bicyclic) bond motifs is 1. The minimum Gasteiger partial charge on any atom is -0.460 e. The van der Waals surface area contributed by atoms with Gasteiger partial charge in [0.05, 0.1) is 11.9 Å². The van der Waals surface area contributed by atoms with Gasteiger partial charge in [0.2, 0.25) is 5.78 Å². The molecule has 2 atom stereocenters. The number of Topliss-reactive ketones (excluding diaryl/α,β-unsaturated/α-hetero) is 1. The highest BCUT2D eigenvalue weighted by Gasteiger charge is 2.51. The molecule has 0 saturated heterocycles. The first-order valence-electron chi connectivity index (χ1n) is 6.59. The van der Waals surface area contributed by atoms with Gasteiger partial charge in [-0.1, -0.05) is 0 Å². The molecule has 4 heteroatoms. The van der Waals surface area contributed by atoms with E-state index in [4.69, 9.17) is 4.42 Å². The molecule has 0 amide bonds. The second kappa shape index (κ2) is 3.58. The summed E-state index contributed by atoms with van der Waals surface area (Å²) < 4.78 is 5.33. The normalized spacial score (nSPS) is 34.3.